The van der Waals surface area contributed by atoms with Gasteiger partial charge in [-0.3, -0.25) is 4.79 Å². The lowest BCUT2D eigenvalue weighted by molar-refractivity contribution is -0.121. The molecule has 1 amide bonds. The molecule has 0 heterocycles. The van der Waals surface area contributed by atoms with E-state index in [2.05, 4.69) is 10.2 Å². The van der Waals surface area contributed by atoms with Crippen molar-refractivity contribution in [3.8, 4) is 0 Å². The summed E-state index contributed by atoms with van der Waals surface area (Å²) in [5.74, 6) is -0.112. The van der Waals surface area contributed by atoms with Gasteiger partial charge < -0.3 is 16.0 Å². The molecule has 0 saturated heterocycles. The Kier molecular flexibility index (Phi) is 5.51. The van der Waals surface area contributed by atoms with E-state index in [0.717, 1.165) is 12.2 Å². The second-order valence-electron chi connectivity index (χ2n) is 5.26. The number of carbonyl (C=O) groups is 1. The third kappa shape index (κ3) is 4.33. The molecule has 19 heavy (non-hydrogen) atoms. The average Bonchev–Trinajstić information content (AvgIpc) is 2.37. The van der Waals surface area contributed by atoms with Gasteiger partial charge in [0.1, 0.15) is 0 Å². The van der Waals surface area contributed by atoms with Crippen LogP contribution in [0.15, 0.2) is 24.3 Å². The Morgan fingerprint density at radius 3 is 2.47 bits per heavy atom. The molecular formula is C15H25N3O. The summed E-state index contributed by atoms with van der Waals surface area (Å²) in [6.07, 6.45) is 1.26. The van der Waals surface area contributed by atoms with E-state index in [-0.39, 0.29) is 5.91 Å². The second kappa shape index (κ2) is 6.68. The molecule has 0 aromatic heterocycles. The number of anilines is 1. The fourth-order valence-electron chi connectivity index (χ4n) is 1.94. The SMILES string of the molecule is CCC(N)(CC)C(=O)Nc1cccc(CN(C)C)c1. The van der Waals surface area contributed by atoms with Gasteiger partial charge >= 0.3 is 0 Å². The first-order valence-corrected chi connectivity index (χ1v) is 6.75. The summed E-state index contributed by atoms with van der Waals surface area (Å²) in [5, 5.41) is 2.92. The summed E-state index contributed by atoms with van der Waals surface area (Å²) in [6, 6.07) is 7.88. The number of hydrogen-bond acceptors (Lipinski definition) is 3. The molecule has 1 aromatic rings. The Morgan fingerprint density at radius 1 is 1.32 bits per heavy atom. The molecule has 0 bridgehead atoms. The van der Waals surface area contributed by atoms with Crippen molar-refractivity contribution >= 4 is 11.6 Å². The molecule has 0 aliphatic heterocycles. The molecule has 0 aliphatic carbocycles. The minimum Gasteiger partial charge on any atom is -0.324 e. The van der Waals surface area contributed by atoms with Crippen molar-refractivity contribution in [3.63, 3.8) is 0 Å². The first-order chi connectivity index (χ1) is 8.91. The van der Waals surface area contributed by atoms with Gasteiger partial charge in [0.2, 0.25) is 5.91 Å². The molecule has 4 heteroatoms. The maximum absolute atomic E-state index is 12.2. The molecule has 106 valence electrons. The highest BCUT2D eigenvalue weighted by Crippen LogP contribution is 2.17. The van der Waals surface area contributed by atoms with Crippen LogP contribution in [-0.4, -0.2) is 30.4 Å². The van der Waals surface area contributed by atoms with Gasteiger partial charge in [-0.05, 0) is 44.6 Å². The lowest BCUT2D eigenvalue weighted by atomic mass is 9.93. The predicted octanol–water partition coefficient (Wildman–Crippen LogP) is 2.20. The van der Waals surface area contributed by atoms with Gasteiger partial charge in [0.15, 0.2) is 0 Å². The number of benzene rings is 1. The summed E-state index contributed by atoms with van der Waals surface area (Å²) in [5.41, 5.74) is 7.28. The van der Waals surface area contributed by atoms with Gasteiger partial charge in [-0.1, -0.05) is 26.0 Å². The Balaban J connectivity index is 2.79. The number of carbonyl (C=O) groups excluding carboxylic acids is 1. The van der Waals surface area contributed by atoms with Gasteiger partial charge in [0.25, 0.3) is 0 Å². The van der Waals surface area contributed by atoms with Crippen LogP contribution in [-0.2, 0) is 11.3 Å². The fourth-order valence-corrected chi connectivity index (χ4v) is 1.94. The van der Waals surface area contributed by atoms with Crippen molar-refractivity contribution in [1.29, 1.82) is 0 Å². The van der Waals surface area contributed by atoms with Crippen molar-refractivity contribution < 1.29 is 4.79 Å². The highest BCUT2D eigenvalue weighted by molar-refractivity contribution is 5.97. The number of rotatable bonds is 6. The fraction of sp³-hybridized carbons (Fsp3) is 0.533. The number of nitrogens with two attached hydrogens (primary N) is 1. The molecule has 1 rings (SSSR count). The van der Waals surface area contributed by atoms with Gasteiger partial charge in [0, 0.05) is 12.2 Å². The zero-order valence-electron chi connectivity index (χ0n) is 12.4. The second-order valence-corrected chi connectivity index (χ2v) is 5.26. The summed E-state index contributed by atoms with van der Waals surface area (Å²) in [6.45, 7) is 4.72. The van der Waals surface area contributed by atoms with E-state index >= 15 is 0 Å². The van der Waals surface area contributed by atoms with Crippen LogP contribution in [0.1, 0.15) is 32.3 Å². The number of amides is 1. The molecule has 1 aromatic carbocycles. The van der Waals surface area contributed by atoms with Crippen LogP contribution in [0.25, 0.3) is 0 Å². The molecule has 4 nitrogen and oxygen atoms in total. The van der Waals surface area contributed by atoms with Crippen LogP contribution in [0.3, 0.4) is 0 Å². The molecule has 0 unspecified atom stereocenters. The topological polar surface area (TPSA) is 58.4 Å². The predicted molar refractivity (Wildman–Crippen MR) is 80.0 cm³/mol. The Hall–Kier alpha value is -1.39. The largest absolute Gasteiger partial charge is 0.324 e. The van der Waals surface area contributed by atoms with Crippen LogP contribution < -0.4 is 11.1 Å². The first-order valence-electron chi connectivity index (χ1n) is 6.75. The van der Waals surface area contributed by atoms with Crippen LogP contribution in [0.5, 0.6) is 0 Å². The molecular weight excluding hydrogens is 238 g/mol. The normalized spacial score (nSPS) is 11.7. The lowest BCUT2D eigenvalue weighted by Crippen LogP contribution is -2.50. The summed E-state index contributed by atoms with van der Waals surface area (Å²) in [7, 11) is 4.04. The highest BCUT2D eigenvalue weighted by atomic mass is 16.2. The van der Waals surface area contributed by atoms with E-state index in [1.807, 2.05) is 52.2 Å². The molecule has 0 radical (unpaired) electrons. The lowest BCUT2D eigenvalue weighted by Gasteiger charge is -2.25. The van der Waals surface area contributed by atoms with Gasteiger partial charge in [-0.25, -0.2) is 0 Å². The molecule has 0 spiro atoms. The van der Waals surface area contributed by atoms with Crippen LogP contribution in [0.4, 0.5) is 5.69 Å². The monoisotopic (exact) mass is 263 g/mol. The van der Waals surface area contributed by atoms with Crippen molar-refractivity contribution in [2.24, 2.45) is 5.73 Å². The molecule has 0 aliphatic rings. The Bertz CT molecular complexity index is 425. The number of hydrogen-bond donors (Lipinski definition) is 2. The van der Waals surface area contributed by atoms with Gasteiger partial charge in [-0.15, -0.1) is 0 Å². The first kappa shape index (κ1) is 15.7. The van der Waals surface area contributed by atoms with E-state index in [9.17, 15) is 4.79 Å². The van der Waals surface area contributed by atoms with Crippen molar-refractivity contribution in [1.82, 2.24) is 4.90 Å². The zero-order valence-corrected chi connectivity index (χ0v) is 12.4. The Labute approximate surface area is 116 Å². The van der Waals surface area contributed by atoms with Crippen molar-refractivity contribution in [2.75, 3.05) is 19.4 Å². The zero-order chi connectivity index (χ0) is 14.5. The molecule has 0 fully saturated rings. The maximum Gasteiger partial charge on any atom is 0.244 e. The third-order valence-electron chi connectivity index (χ3n) is 3.40. The van der Waals surface area contributed by atoms with E-state index < -0.39 is 5.54 Å². The number of nitrogens with zero attached hydrogens (tertiary/aromatic N) is 1. The highest BCUT2D eigenvalue weighted by Gasteiger charge is 2.29. The summed E-state index contributed by atoms with van der Waals surface area (Å²) in [4.78, 5) is 14.3. The van der Waals surface area contributed by atoms with E-state index in [0.29, 0.717) is 12.8 Å². The summed E-state index contributed by atoms with van der Waals surface area (Å²) < 4.78 is 0. The van der Waals surface area contributed by atoms with Crippen molar-refractivity contribution in [2.45, 2.75) is 38.8 Å². The summed E-state index contributed by atoms with van der Waals surface area (Å²) >= 11 is 0. The maximum atomic E-state index is 12.2. The molecule has 0 atom stereocenters. The smallest absolute Gasteiger partial charge is 0.244 e. The minimum atomic E-state index is -0.780. The quantitative estimate of drug-likeness (QED) is 0.827. The van der Waals surface area contributed by atoms with Crippen molar-refractivity contribution in [3.05, 3.63) is 29.8 Å². The third-order valence-corrected chi connectivity index (χ3v) is 3.40. The van der Waals surface area contributed by atoms with Gasteiger partial charge in [0.05, 0.1) is 5.54 Å². The minimum absolute atomic E-state index is 0.112. The van der Waals surface area contributed by atoms with Gasteiger partial charge in [-0.2, -0.15) is 0 Å². The Morgan fingerprint density at radius 2 is 1.95 bits per heavy atom. The van der Waals surface area contributed by atoms with Crippen LogP contribution in [0.2, 0.25) is 0 Å². The van der Waals surface area contributed by atoms with E-state index in [4.69, 9.17) is 5.73 Å². The average molecular weight is 263 g/mol. The molecule has 3 N–H and O–H groups in total. The molecule has 0 saturated carbocycles. The van der Waals surface area contributed by atoms with Crippen LogP contribution >= 0.6 is 0 Å². The van der Waals surface area contributed by atoms with E-state index in [1.165, 1.54) is 5.56 Å². The standard InChI is InChI=1S/C15H25N3O/c1-5-15(16,6-2)14(19)17-13-9-7-8-12(10-13)11-18(3)4/h7-10H,5-6,11,16H2,1-4H3,(H,17,19). The van der Waals surface area contributed by atoms with E-state index in [1.54, 1.807) is 0 Å². The number of nitrogens with one attached hydrogen (secondary N) is 1. The van der Waals surface area contributed by atoms with Crippen LogP contribution in [0, 0.1) is 0 Å².